The highest BCUT2D eigenvalue weighted by molar-refractivity contribution is 7.71. The van der Waals surface area contributed by atoms with Crippen molar-refractivity contribution in [3.05, 3.63) is 55.7 Å². The number of nitrogen functional groups attached to an aromatic ring is 1. The van der Waals surface area contributed by atoms with Gasteiger partial charge in [0, 0.05) is 0 Å². The molecule has 8 heteroatoms. The van der Waals surface area contributed by atoms with Crippen molar-refractivity contribution in [2.24, 2.45) is 5.18 Å². The summed E-state index contributed by atoms with van der Waals surface area (Å²) >= 11 is 4.97. The van der Waals surface area contributed by atoms with E-state index >= 15 is 0 Å². The Kier molecular flexibility index (Phi) is 3.52. The van der Waals surface area contributed by atoms with E-state index in [1.807, 2.05) is 0 Å². The number of H-pyrrole nitrogens is 1. The molecule has 0 saturated carbocycles. The van der Waals surface area contributed by atoms with Crippen LogP contribution >= 0.6 is 12.2 Å². The predicted octanol–water partition coefficient (Wildman–Crippen LogP) is 2.07. The highest BCUT2D eigenvalue weighted by Gasteiger charge is 2.11. The summed E-state index contributed by atoms with van der Waals surface area (Å²) in [6.07, 6.45) is 0. The van der Waals surface area contributed by atoms with Crippen LogP contribution in [0.2, 0.25) is 0 Å². The molecule has 0 aliphatic heterocycles. The smallest absolute Gasteiger partial charge is 0.283 e. The summed E-state index contributed by atoms with van der Waals surface area (Å²) in [6, 6.07) is 5.69. The Morgan fingerprint density at radius 1 is 1.37 bits per heavy atom. The molecule has 3 N–H and O–H groups in total. The van der Waals surface area contributed by atoms with Gasteiger partial charge in [-0.1, -0.05) is 12.1 Å². The molecule has 6 nitrogen and oxygen atoms in total. The Morgan fingerprint density at radius 2 is 2.00 bits per heavy atom. The Labute approximate surface area is 111 Å². The average molecular weight is 280 g/mol. The molecule has 1 aromatic heterocycles. The Bertz CT molecular complexity index is 736. The van der Waals surface area contributed by atoms with Crippen molar-refractivity contribution in [1.82, 2.24) is 9.55 Å². The molecule has 0 radical (unpaired) electrons. The summed E-state index contributed by atoms with van der Waals surface area (Å²) in [6.45, 7) is 0.199. The largest absolute Gasteiger partial charge is 0.383 e. The van der Waals surface area contributed by atoms with Gasteiger partial charge in [0.25, 0.3) is 5.56 Å². The fourth-order valence-electron chi connectivity index (χ4n) is 1.59. The summed E-state index contributed by atoms with van der Waals surface area (Å²) in [5, 5.41) is 2.58. The summed E-state index contributed by atoms with van der Waals surface area (Å²) in [4.78, 5) is 24.2. The van der Waals surface area contributed by atoms with Crippen LogP contribution < -0.4 is 11.3 Å². The maximum atomic E-state index is 12.8. The van der Waals surface area contributed by atoms with Crippen molar-refractivity contribution in [1.29, 1.82) is 0 Å². The molecular formula is C11H9FN4O2S. The number of hydrogen-bond acceptors (Lipinski definition) is 5. The maximum Gasteiger partial charge on any atom is 0.283 e. The van der Waals surface area contributed by atoms with E-state index in [9.17, 15) is 14.1 Å². The molecule has 0 bridgehead atoms. The second kappa shape index (κ2) is 5.11. The van der Waals surface area contributed by atoms with Crippen LogP contribution in [0.4, 0.5) is 15.9 Å². The van der Waals surface area contributed by atoms with Crippen LogP contribution in [0.1, 0.15) is 5.56 Å². The van der Waals surface area contributed by atoms with Crippen LogP contribution in [0.25, 0.3) is 0 Å². The fourth-order valence-corrected chi connectivity index (χ4v) is 1.85. The van der Waals surface area contributed by atoms with E-state index in [0.29, 0.717) is 5.56 Å². The predicted molar refractivity (Wildman–Crippen MR) is 71.3 cm³/mol. The molecule has 0 atom stereocenters. The number of aromatic amines is 1. The lowest BCUT2D eigenvalue weighted by atomic mass is 10.2. The molecule has 19 heavy (non-hydrogen) atoms. The number of nitrogens with two attached hydrogens (primary N) is 1. The van der Waals surface area contributed by atoms with Gasteiger partial charge in [-0.2, -0.15) is 0 Å². The topological polar surface area (TPSA) is 93.2 Å². The number of hydrogen-bond donors (Lipinski definition) is 2. The third kappa shape index (κ3) is 2.58. The third-order valence-electron chi connectivity index (χ3n) is 2.56. The van der Waals surface area contributed by atoms with Gasteiger partial charge in [0.05, 0.1) is 6.54 Å². The molecule has 1 aromatic carbocycles. The molecule has 0 aliphatic rings. The average Bonchev–Trinajstić information content (AvgIpc) is 2.37. The zero-order valence-corrected chi connectivity index (χ0v) is 10.4. The lowest BCUT2D eigenvalue weighted by Gasteiger charge is -2.11. The quantitative estimate of drug-likeness (QED) is 0.665. The summed E-state index contributed by atoms with van der Waals surface area (Å²) in [5.41, 5.74) is 5.25. The Balaban J connectivity index is 2.51. The molecule has 0 spiro atoms. The van der Waals surface area contributed by atoms with Crippen molar-refractivity contribution in [2.45, 2.75) is 6.54 Å². The van der Waals surface area contributed by atoms with Crippen LogP contribution in [0.15, 0.2) is 34.2 Å². The van der Waals surface area contributed by atoms with Gasteiger partial charge in [0.15, 0.2) is 4.77 Å². The van der Waals surface area contributed by atoms with Crippen LogP contribution in [0, 0.1) is 15.5 Å². The van der Waals surface area contributed by atoms with Gasteiger partial charge in [-0.3, -0.25) is 14.3 Å². The molecule has 0 fully saturated rings. The van der Waals surface area contributed by atoms with E-state index in [-0.39, 0.29) is 23.0 Å². The number of halogens is 1. The van der Waals surface area contributed by atoms with Crippen LogP contribution in [-0.4, -0.2) is 9.55 Å². The van der Waals surface area contributed by atoms with Gasteiger partial charge in [-0.25, -0.2) is 4.39 Å². The molecular weight excluding hydrogens is 271 g/mol. The van der Waals surface area contributed by atoms with Gasteiger partial charge < -0.3 is 5.73 Å². The van der Waals surface area contributed by atoms with E-state index in [1.165, 1.54) is 16.7 Å². The van der Waals surface area contributed by atoms with Crippen molar-refractivity contribution in [2.75, 3.05) is 5.73 Å². The number of rotatable bonds is 3. The Hall–Kier alpha value is -2.35. The van der Waals surface area contributed by atoms with Crippen LogP contribution in [0.3, 0.4) is 0 Å². The van der Waals surface area contributed by atoms with Gasteiger partial charge in [0.1, 0.15) is 11.6 Å². The Morgan fingerprint density at radius 3 is 2.58 bits per heavy atom. The minimum atomic E-state index is -0.729. The molecule has 1 heterocycles. The monoisotopic (exact) mass is 280 g/mol. The first-order valence-corrected chi connectivity index (χ1v) is 5.64. The molecule has 98 valence electrons. The zero-order valence-electron chi connectivity index (χ0n) is 9.59. The number of benzene rings is 1. The molecule has 0 unspecified atom stereocenters. The molecule has 2 aromatic rings. The highest BCUT2D eigenvalue weighted by Crippen LogP contribution is 2.17. The lowest BCUT2D eigenvalue weighted by molar-refractivity contribution is 0.626. The van der Waals surface area contributed by atoms with E-state index < -0.39 is 11.2 Å². The first kappa shape index (κ1) is 13.1. The van der Waals surface area contributed by atoms with Crippen molar-refractivity contribution < 1.29 is 4.39 Å². The molecule has 0 aliphatic carbocycles. The summed E-state index contributed by atoms with van der Waals surface area (Å²) in [5.74, 6) is -0.481. The minimum absolute atomic E-state index is 0.0687. The second-order valence-electron chi connectivity index (χ2n) is 3.80. The SMILES string of the molecule is Nc1c(N=O)c(=O)[nH]c(=S)n1Cc1ccc(F)cc1. The van der Waals surface area contributed by atoms with E-state index in [4.69, 9.17) is 18.0 Å². The maximum absolute atomic E-state index is 12.8. The zero-order chi connectivity index (χ0) is 14.0. The standard InChI is InChI=1S/C11H9FN4O2S/c12-7-3-1-6(2-4-7)5-16-9(13)8(15-18)10(17)14-11(16)19/h1-4H,5,13H2,(H,14,17,19). The first-order chi connectivity index (χ1) is 9.02. The number of nitroso groups, excluding NO2 is 1. The van der Waals surface area contributed by atoms with Gasteiger partial charge >= 0.3 is 0 Å². The summed E-state index contributed by atoms with van der Waals surface area (Å²) in [7, 11) is 0. The van der Waals surface area contributed by atoms with Gasteiger partial charge in [-0.15, -0.1) is 4.91 Å². The van der Waals surface area contributed by atoms with Gasteiger partial charge in [-0.05, 0) is 35.1 Å². The lowest BCUT2D eigenvalue weighted by Crippen LogP contribution is -2.18. The number of aromatic nitrogens is 2. The first-order valence-electron chi connectivity index (χ1n) is 5.23. The van der Waals surface area contributed by atoms with Crippen LogP contribution in [-0.2, 0) is 6.54 Å². The minimum Gasteiger partial charge on any atom is -0.383 e. The fraction of sp³-hybridized carbons (Fsp3) is 0.0909. The molecule has 2 rings (SSSR count). The van der Waals surface area contributed by atoms with Crippen LogP contribution in [0.5, 0.6) is 0 Å². The number of nitrogens with one attached hydrogen (secondary N) is 1. The highest BCUT2D eigenvalue weighted by atomic mass is 32.1. The van der Waals surface area contributed by atoms with Crippen molar-refractivity contribution >= 4 is 23.7 Å². The van der Waals surface area contributed by atoms with E-state index in [0.717, 1.165) is 0 Å². The second-order valence-corrected chi connectivity index (χ2v) is 4.18. The van der Waals surface area contributed by atoms with Crippen molar-refractivity contribution in [3.63, 3.8) is 0 Å². The van der Waals surface area contributed by atoms with E-state index in [2.05, 4.69) is 10.2 Å². The third-order valence-corrected chi connectivity index (χ3v) is 2.88. The molecule has 0 saturated heterocycles. The number of nitrogens with zero attached hydrogens (tertiary/aromatic N) is 2. The van der Waals surface area contributed by atoms with E-state index in [1.54, 1.807) is 12.1 Å². The normalized spacial score (nSPS) is 10.4. The van der Waals surface area contributed by atoms with Crippen molar-refractivity contribution in [3.8, 4) is 0 Å². The number of anilines is 1. The molecule has 0 amide bonds. The van der Waals surface area contributed by atoms with Gasteiger partial charge in [0.2, 0.25) is 5.69 Å². The summed E-state index contributed by atoms with van der Waals surface area (Å²) < 4.78 is 14.2.